The minimum atomic E-state index is -0.323. The second-order valence-corrected chi connectivity index (χ2v) is 8.43. The average molecular weight is 431 g/mol. The van der Waals surface area contributed by atoms with Gasteiger partial charge in [-0.3, -0.25) is 4.79 Å². The first-order chi connectivity index (χ1) is 15.3. The maximum absolute atomic E-state index is 13.9. The second kappa shape index (κ2) is 8.46. The van der Waals surface area contributed by atoms with Crippen LogP contribution < -0.4 is 10.2 Å². The summed E-state index contributed by atoms with van der Waals surface area (Å²) in [6, 6.07) is 18.1. The van der Waals surface area contributed by atoms with E-state index in [4.69, 9.17) is 4.98 Å². The van der Waals surface area contributed by atoms with E-state index >= 15 is 0 Å². The van der Waals surface area contributed by atoms with Gasteiger partial charge in [-0.15, -0.1) is 0 Å². The van der Waals surface area contributed by atoms with E-state index < -0.39 is 0 Å². The Hall–Kier alpha value is -3.67. The van der Waals surface area contributed by atoms with E-state index in [-0.39, 0.29) is 17.8 Å². The van der Waals surface area contributed by atoms with Gasteiger partial charge in [0.05, 0.1) is 16.7 Å². The molecule has 1 amide bonds. The summed E-state index contributed by atoms with van der Waals surface area (Å²) in [5, 5.41) is 3.10. The Morgan fingerprint density at radius 3 is 2.53 bits per heavy atom. The van der Waals surface area contributed by atoms with E-state index in [2.05, 4.69) is 23.7 Å². The van der Waals surface area contributed by atoms with Gasteiger partial charge in [0.1, 0.15) is 11.6 Å². The molecule has 4 aromatic rings. The molecule has 0 radical (unpaired) electrons. The van der Waals surface area contributed by atoms with Gasteiger partial charge >= 0.3 is 0 Å². The van der Waals surface area contributed by atoms with Crippen LogP contribution in [-0.2, 0) is 0 Å². The number of nitrogens with zero attached hydrogens (tertiary/aromatic N) is 3. The summed E-state index contributed by atoms with van der Waals surface area (Å²) in [5.41, 5.74) is 5.39. The zero-order valence-electron chi connectivity index (χ0n) is 19.0. The van der Waals surface area contributed by atoms with Gasteiger partial charge in [0.2, 0.25) is 0 Å². The molecule has 6 heteroatoms. The molecular formula is C26H27FN4O. The van der Waals surface area contributed by atoms with Crippen molar-refractivity contribution in [1.82, 2.24) is 9.55 Å². The highest BCUT2D eigenvalue weighted by molar-refractivity contribution is 6.07. The highest BCUT2D eigenvalue weighted by atomic mass is 19.1. The molecule has 0 atom stereocenters. The van der Waals surface area contributed by atoms with Crippen molar-refractivity contribution in [3.63, 3.8) is 0 Å². The third kappa shape index (κ3) is 3.96. The normalized spacial score (nSPS) is 11.2. The number of nitrogens with one attached hydrogen (secondary N) is 1. The van der Waals surface area contributed by atoms with Crippen LogP contribution in [0.25, 0.3) is 22.4 Å². The number of fused-ring (bicyclic) bond motifs is 1. The molecule has 0 aliphatic heterocycles. The molecule has 164 valence electrons. The number of hydrogen-bond acceptors (Lipinski definition) is 3. The SMILES string of the molecule is Cc1cccc(-c2nc3cc(F)ccc3n2C(C)C)c1NC(=O)c1cccc(N(C)C)c1. The van der Waals surface area contributed by atoms with Crippen molar-refractivity contribution < 1.29 is 9.18 Å². The van der Waals surface area contributed by atoms with Gasteiger partial charge in [0, 0.05) is 43.0 Å². The molecule has 0 fully saturated rings. The minimum Gasteiger partial charge on any atom is -0.378 e. The van der Waals surface area contributed by atoms with Crippen molar-refractivity contribution in [3.05, 3.63) is 77.6 Å². The number of aromatic nitrogens is 2. The molecule has 3 aromatic carbocycles. The fourth-order valence-corrected chi connectivity index (χ4v) is 3.92. The molecule has 0 unspecified atom stereocenters. The summed E-state index contributed by atoms with van der Waals surface area (Å²) in [6.07, 6.45) is 0. The van der Waals surface area contributed by atoms with Crippen molar-refractivity contribution in [2.75, 3.05) is 24.3 Å². The first-order valence-corrected chi connectivity index (χ1v) is 10.6. The van der Waals surface area contributed by atoms with Crippen molar-refractivity contribution in [3.8, 4) is 11.4 Å². The van der Waals surface area contributed by atoms with Crippen molar-refractivity contribution in [1.29, 1.82) is 0 Å². The number of hydrogen-bond donors (Lipinski definition) is 1. The zero-order chi connectivity index (χ0) is 23.0. The van der Waals surface area contributed by atoms with Gasteiger partial charge < -0.3 is 14.8 Å². The number of aryl methyl sites for hydroxylation is 1. The molecule has 4 rings (SSSR count). The molecule has 5 nitrogen and oxygen atoms in total. The minimum absolute atomic E-state index is 0.0984. The number of halogens is 1. The smallest absolute Gasteiger partial charge is 0.255 e. The Balaban J connectivity index is 1.82. The summed E-state index contributed by atoms with van der Waals surface area (Å²) in [4.78, 5) is 19.9. The molecule has 0 aliphatic rings. The monoisotopic (exact) mass is 430 g/mol. The molecule has 0 aliphatic carbocycles. The number of para-hydroxylation sites is 1. The number of amides is 1. The van der Waals surface area contributed by atoms with E-state index in [1.54, 1.807) is 12.1 Å². The van der Waals surface area contributed by atoms with E-state index in [9.17, 15) is 9.18 Å². The van der Waals surface area contributed by atoms with Crippen LogP contribution in [0.4, 0.5) is 15.8 Å². The van der Waals surface area contributed by atoms with Crippen molar-refractivity contribution in [2.24, 2.45) is 0 Å². The Labute approximate surface area is 187 Å². The Kier molecular flexibility index (Phi) is 5.70. The van der Waals surface area contributed by atoms with Crippen LogP contribution in [0.1, 0.15) is 35.8 Å². The lowest BCUT2D eigenvalue weighted by Crippen LogP contribution is -2.16. The molecule has 1 aromatic heterocycles. The lowest BCUT2D eigenvalue weighted by Gasteiger charge is -2.18. The Bertz CT molecular complexity index is 1310. The quantitative estimate of drug-likeness (QED) is 0.419. The van der Waals surface area contributed by atoms with Crippen molar-refractivity contribution in [2.45, 2.75) is 26.8 Å². The summed E-state index contributed by atoms with van der Waals surface area (Å²) >= 11 is 0. The molecule has 0 saturated heterocycles. The summed E-state index contributed by atoms with van der Waals surface area (Å²) in [6.45, 7) is 6.08. The summed E-state index contributed by atoms with van der Waals surface area (Å²) in [7, 11) is 3.88. The van der Waals surface area contributed by atoms with E-state index in [0.29, 0.717) is 22.6 Å². The molecule has 32 heavy (non-hydrogen) atoms. The van der Waals surface area contributed by atoms with E-state index in [1.165, 1.54) is 12.1 Å². The first-order valence-electron chi connectivity index (χ1n) is 10.6. The molecule has 0 spiro atoms. The topological polar surface area (TPSA) is 50.2 Å². The van der Waals surface area contributed by atoms with Gasteiger partial charge in [-0.25, -0.2) is 9.37 Å². The van der Waals surface area contributed by atoms with Crippen LogP contribution in [0.5, 0.6) is 0 Å². The fraction of sp³-hybridized carbons (Fsp3) is 0.231. The summed E-state index contributed by atoms with van der Waals surface area (Å²) in [5.74, 6) is 0.181. The zero-order valence-corrected chi connectivity index (χ0v) is 19.0. The van der Waals surface area contributed by atoms with E-state index in [1.807, 2.05) is 62.3 Å². The van der Waals surface area contributed by atoms with Gasteiger partial charge in [0.25, 0.3) is 5.91 Å². The first kappa shape index (κ1) is 21.6. The van der Waals surface area contributed by atoms with Crippen LogP contribution in [0.2, 0.25) is 0 Å². The number of rotatable bonds is 5. The predicted octanol–water partition coefficient (Wildman–Crippen LogP) is 6.05. The van der Waals surface area contributed by atoms with Gasteiger partial charge in [0.15, 0.2) is 0 Å². The van der Waals surface area contributed by atoms with Crippen molar-refractivity contribution >= 4 is 28.3 Å². The highest BCUT2D eigenvalue weighted by Gasteiger charge is 2.20. The standard InChI is InChI=1S/C26H27FN4O/c1-16(2)31-23-13-12-19(27)15-22(23)28-25(31)21-11-6-8-17(3)24(21)29-26(32)18-9-7-10-20(14-18)30(4)5/h6-16H,1-5H3,(H,29,32). The maximum Gasteiger partial charge on any atom is 0.255 e. The maximum atomic E-state index is 13.9. The largest absolute Gasteiger partial charge is 0.378 e. The van der Waals surface area contributed by atoms with Crippen LogP contribution in [0.3, 0.4) is 0 Å². The second-order valence-electron chi connectivity index (χ2n) is 8.43. The van der Waals surface area contributed by atoms with Gasteiger partial charge in [-0.2, -0.15) is 0 Å². The fourth-order valence-electron chi connectivity index (χ4n) is 3.92. The molecular weight excluding hydrogens is 403 g/mol. The lowest BCUT2D eigenvalue weighted by atomic mass is 10.1. The highest BCUT2D eigenvalue weighted by Crippen LogP contribution is 2.35. The van der Waals surface area contributed by atoms with Crippen LogP contribution >= 0.6 is 0 Å². The number of anilines is 2. The number of carbonyl (C=O) groups excluding carboxylic acids is 1. The van der Waals surface area contributed by atoms with Crippen LogP contribution in [0, 0.1) is 12.7 Å². The number of benzene rings is 3. The molecule has 0 bridgehead atoms. The third-order valence-corrected chi connectivity index (χ3v) is 5.54. The predicted molar refractivity (Wildman–Crippen MR) is 129 cm³/mol. The lowest BCUT2D eigenvalue weighted by molar-refractivity contribution is 0.102. The van der Waals surface area contributed by atoms with Gasteiger partial charge in [-0.05, 0) is 62.7 Å². The van der Waals surface area contributed by atoms with Crippen LogP contribution in [-0.4, -0.2) is 29.6 Å². The summed E-state index contributed by atoms with van der Waals surface area (Å²) < 4.78 is 15.9. The third-order valence-electron chi connectivity index (χ3n) is 5.54. The Morgan fingerprint density at radius 2 is 1.81 bits per heavy atom. The Morgan fingerprint density at radius 1 is 1.06 bits per heavy atom. The molecule has 1 N–H and O–H groups in total. The van der Waals surface area contributed by atoms with E-state index in [0.717, 1.165) is 22.3 Å². The molecule has 0 saturated carbocycles. The average Bonchev–Trinajstić information content (AvgIpc) is 3.13. The number of imidazole rings is 1. The van der Waals surface area contributed by atoms with Crippen LogP contribution in [0.15, 0.2) is 60.7 Å². The van der Waals surface area contributed by atoms with Gasteiger partial charge in [-0.1, -0.05) is 18.2 Å². The number of carbonyl (C=O) groups is 1. The molecule has 1 heterocycles.